The summed E-state index contributed by atoms with van der Waals surface area (Å²) in [5.74, 6) is 1.79. The molecule has 0 fully saturated rings. The van der Waals surface area contributed by atoms with Crippen LogP contribution in [-0.4, -0.2) is 13.2 Å². The van der Waals surface area contributed by atoms with Crippen LogP contribution in [0.4, 0.5) is 5.69 Å². The number of para-hydroxylation sites is 2. The molecule has 26 heavy (non-hydrogen) atoms. The number of rotatable bonds is 8. The van der Waals surface area contributed by atoms with Crippen LogP contribution < -0.4 is 14.8 Å². The molecule has 3 aromatic carbocycles. The second-order valence-corrected chi connectivity index (χ2v) is 6.31. The van der Waals surface area contributed by atoms with Gasteiger partial charge in [0.05, 0.1) is 5.69 Å². The van der Waals surface area contributed by atoms with Crippen molar-refractivity contribution >= 4 is 5.69 Å². The Hall–Kier alpha value is -2.94. The van der Waals surface area contributed by atoms with E-state index in [1.807, 2.05) is 48.5 Å². The van der Waals surface area contributed by atoms with Gasteiger partial charge in [-0.2, -0.15) is 0 Å². The van der Waals surface area contributed by atoms with E-state index in [0.29, 0.717) is 19.8 Å². The number of hydrogen-bond donors (Lipinski definition) is 1. The molecule has 0 aromatic heterocycles. The van der Waals surface area contributed by atoms with Crippen LogP contribution in [0, 0.1) is 13.8 Å². The molecule has 3 heteroatoms. The van der Waals surface area contributed by atoms with Gasteiger partial charge in [-0.25, -0.2) is 0 Å². The third-order valence-electron chi connectivity index (χ3n) is 4.13. The third-order valence-corrected chi connectivity index (χ3v) is 4.13. The zero-order valence-electron chi connectivity index (χ0n) is 15.4. The van der Waals surface area contributed by atoms with Gasteiger partial charge in [0.1, 0.15) is 24.7 Å². The van der Waals surface area contributed by atoms with E-state index in [1.54, 1.807) is 0 Å². The lowest BCUT2D eigenvalue weighted by Crippen LogP contribution is -2.12. The van der Waals surface area contributed by atoms with Crippen LogP contribution in [0.3, 0.4) is 0 Å². The van der Waals surface area contributed by atoms with E-state index in [-0.39, 0.29) is 0 Å². The summed E-state index contributed by atoms with van der Waals surface area (Å²) in [7, 11) is 0. The van der Waals surface area contributed by atoms with Crippen molar-refractivity contribution in [1.82, 2.24) is 0 Å². The van der Waals surface area contributed by atoms with Gasteiger partial charge in [-0.05, 0) is 43.2 Å². The van der Waals surface area contributed by atoms with Gasteiger partial charge in [0.2, 0.25) is 0 Å². The maximum Gasteiger partial charge on any atom is 0.142 e. The number of nitrogens with one attached hydrogen (secondary N) is 1. The summed E-state index contributed by atoms with van der Waals surface area (Å²) in [6, 6.07) is 24.4. The van der Waals surface area contributed by atoms with Gasteiger partial charge in [-0.3, -0.25) is 0 Å². The molecule has 0 spiro atoms. The van der Waals surface area contributed by atoms with Crippen molar-refractivity contribution in [1.29, 1.82) is 0 Å². The second-order valence-electron chi connectivity index (χ2n) is 6.31. The first kappa shape index (κ1) is 17.9. The first-order valence-electron chi connectivity index (χ1n) is 8.92. The molecule has 0 atom stereocenters. The normalized spacial score (nSPS) is 10.4. The maximum absolute atomic E-state index is 5.97. The Balaban J connectivity index is 1.51. The third kappa shape index (κ3) is 5.03. The van der Waals surface area contributed by atoms with Crippen LogP contribution in [0.1, 0.15) is 16.7 Å². The summed E-state index contributed by atoms with van der Waals surface area (Å²) in [5, 5.41) is 3.40. The number of benzene rings is 3. The number of hydrogen-bond acceptors (Lipinski definition) is 3. The first-order valence-corrected chi connectivity index (χ1v) is 8.92. The molecule has 0 aliphatic carbocycles. The van der Waals surface area contributed by atoms with Crippen molar-refractivity contribution < 1.29 is 9.47 Å². The molecule has 3 rings (SSSR count). The summed E-state index contributed by atoms with van der Waals surface area (Å²) in [6.07, 6.45) is 0. The van der Waals surface area contributed by atoms with Gasteiger partial charge < -0.3 is 14.8 Å². The van der Waals surface area contributed by atoms with Crippen molar-refractivity contribution in [2.75, 3.05) is 18.5 Å². The average molecular weight is 347 g/mol. The maximum atomic E-state index is 5.97. The first-order chi connectivity index (χ1) is 12.7. The van der Waals surface area contributed by atoms with Gasteiger partial charge in [0.25, 0.3) is 0 Å². The SMILES string of the molecule is Cc1ccc(OCCNc2ccccc2OCc2ccccc2)c(C)c1. The van der Waals surface area contributed by atoms with Crippen LogP contribution in [0.25, 0.3) is 0 Å². The molecule has 3 nitrogen and oxygen atoms in total. The monoisotopic (exact) mass is 347 g/mol. The van der Waals surface area contributed by atoms with E-state index in [1.165, 1.54) is 5.56 Å². The average Bonchev–Trinajstić information content (AvgIpc) is 2.66. The van der Waals surface area contributed by atoms with Crippen molar-refractivity contribution in [2.45, 2.75) is 20.5 Å². The predicted molar refractivity (Wildman–Crippen MR) is 107 cm³/mol. The van der Waals surface area contributed by atoms with Crippen molar-refractivity contribution in [2.24, 2.45) is 0 Å². The number of aryl methyl sites for hydroxylation is 2. The Labute approximate surface area is 155 Å². The molecular formula is C23H25NO2. The zero-order chi connectivity index (χ0) is 18.2. The van der Waals surface area contributed by atoms with Gasteiger partial charge >= 0.3 is 0 Å². The largest absolute Gasteiger partial charge is 0.491 e. The Bertz CT molecular complexity index is 831. The smallest absolute Gasteiger partial charge is 0.142 e. The lowest BCUT2D eigenvalue weighted by atomic mass is 10.1. The number of ether oxygens (including phenoxy) is 2. The number of anilines is 1. The molecule has 0 aliphatic heterocycles. The van der Waals surface area contributed by atoms with E-state index in [0.717, 1.165) is 28.3 Å². The highest BCUT2D eigenvalue weighted by molar-refractivity contribution is 5.56. The fraction of sp³-hybridized carbons (Fsp3) is 0.217. The van der Waals surface area contributed by atoms with E-state index in [4.69, 9.17) is 9.47 Å². The molecule has 0 aliphatic rings. The van der Waals surface area contributed by atoms with Crippen LogP contribution >= 0.6 is 0 Å². The summed E-state index contributed by atoms with van der Waals surface area (Å²) in [5.41, 5.74) is 4.54. The highest BCUT2D eigenvalue weighted by Crippen LogP contribution is 2.24. The molecule has 134 valence electrons. The quantitative estimate of drug-likeness (QED) is 0.555. The topological polar surface area (TPSA) is 30.5 Å². The second kappa shape index (κ2) is 8.95. The van der Waals surface area contributed by atoms with Crippen molar-refractivity contribution in [3.8, 4) is 11.5 Å². The summed E-state index contributed by atoms with van der Waals surface area (Å²) < 4.78 is 11.8. The van der Waals surface area contributed by atoms with E-state index in [2.05, 4.69) is 43.4 Å². The molecular weight excluding hydrogens is 322 g/mol. The van der Waals surface area contributed by atoms with Gasteiger partial charge in [0, 0.05) is 6.54 Å². The van der Waals surface area contributed by atoms with E-state index < -0.39 is 0 Å². The van der Waals surface area contributed by atoms with Gasteiger partial charge in [-0.15, -0.1) is 0 Å². The van der Waals surface area contributed by atoms with Crippen molar-refractivity contribution in [3.05, 3.63) is 89.5 Å². The molecule has 0 heterocycles. The Kier molecular flexibility index (Phi) is 6.15. The standard InChI is InChI=1S/C23H25NO2/c1-18-12-13-22(19(2)16-18)25-15-14-24-21-10-6-7-11-23(21)26-17-20-8-4-3-5-9-20/h3-13,16,24H,14-15,17H2,1-2H3. The van der Waals surface area contributed by atoms with Crippen LogP contribution in [0.15, 0.2) is 72.8 Å². The lowest BCUT2D eigenvalue weighted by molar-refractivity contribution is 0.306. The zero-order valence-corrected chi connectivity index (χ0v) is 15.4. The molecule has 0 unspecified atom stereocenters. The Morgan fingerprint density at radius 1 is 0.769 bits per heavy atom. The van der Waals surface area contributed by atoms with Crippen LogP contribution in [0.5, 0.6) is 11.5 Å². The molecule has 0 amide bonds. The minimum atomic E-state index is 0.554. The highest BCUT2D eigenvalue weighted by atomic mass is 16.5. The molecule has 0 saturated heterocycles. The summed E-state index contributed by atoms with van der Waals surface area (Å²) in [4.78, 5) is 0. The lowest BCUT2D eigenvalue weighted by Gasteiger charge is -2.14. The van der Waals surface area contributed by atoms with Gasteiger partial charge in [0.15, 0.2) is 0 Å². The van der Waals surface area contributed by atoms with Gasteiger partial charge in [-0.1, -0.05) is 60.2 Å². The minimum absolute atomic E-state index is 0.554. The highest BCUT2D eigenvalue weighted by Gasteiger charge is 2.04. The van der Waals surface area contributed by atoms with Crippen LogP contribution in [0.2, 0.25) is 0 Å². The molecule has 0 bridgehead atoms. The van der Waals surface area contributed by atoms with E-state index in [9.17, 15) is 0 Å². The molecule has 0 radical (unpaired) electrons. The van der Waals surface area contributed by atoms with E-state index >= 15 is 0 Å². The molecule has 0 saturated carbocycles. The Morgan fingerprint density at radius 2 is 1.54 bits per heavy atom. The fourth-order valence-electron chi connectivity index (χ4n) is 2.78. The minimum Gasteiger partial charge on any atom is -0.491 e. The summed E-state index contributed by atoms with van der Waals surface area (Å²) >= 11 is 0. The summed E-state index contributed by atoms with van der Waals surface area (Å²) in [6.45, 7) is 6.02. The van der Waals surface area contributed by atoms with Crippen molar-refractivity contribution in [3.63, 3.8) is 0 Å². The van der Waals surface area contributed by atoms with Crippen LogP contribution in [-0.2, 0) is 6.61 Å². The molecule has 1 N–H and O–H groups in total. The predicted octanol–water partition coefficient (Wildman–Crippen LogP) is 5.37. The Morgan fingerprint density at radius 3 is 2.35 bits per heavy atom. The molecule has 3 aromatic rings. The fourth-order valence-corrected chi connectivity index (χ4v) is 2.78.